The quantitative estimate of drug-likeness (QED) is 0.816. The van der Waals surface area contributed by atoms with Crippen LogP contribution in [-0.4, -0.2) is 33.3 Å². The summed E-state index contributed by atoms with van der Waals surface area (Å²) in [7, 11) is 4.77. The Labute approximate surface area is 141 Å². The first kappa shape index (κ1) is 17.5. The van der Waals surface area contributed by atoms with Gasteiger partial charge in [0.15, 0.2) is 0 Å². The summed E-state index contributed by atoms with van der Waals surface area (Å²) < 4.78 is 15.6. The van der Waals surface area contributed by atoms with Gasteiger partial charge in [0.2, 0.25) is 5.91 Å². The van der Waals surface area contributed by atoms with Gasteiger partial charge in [-0.25, -0.2) is 0 Å². The second-order valence-corrected chi connectivity index (χ2v) is 5.15. The molecule has 0 bridgehead atoms. The van der Waals surface area contributed by atoms with E-state index >= 15 is 0 Å². The van der Waals surface area contributed by atoms with E-state index in [1.165, 1.54) is 0 Å². The maximum Gasteiger partial charge on any atom is 0.246 e. The Balaban J connectivity index is 2.05. The zero-order valence-corrected chi connectivity index (χ0v) is 14.3. The summed E-state index contributed by atoms with van der Waals surface area (Å²) in [5, 5.41) is 5.99. The molecule has 0 aromatic heterocycles. The van der Waals surface area contributed by atoms with Gasteiger partial charge < -0.3 is 24.8 Å². The first-order valence-corrected chi connectivity index (χ1v) is 7.51. The highest BCUT2D eigenvalue weighted by Gasteiger charge is 2.15. The van der Waals surface area contributed by atoms with Crippen LogP contribution in [0, 0.1) is 0 Å². The molecule has 6 nitrogen and oxygen atoms in total. The van der Waals surface area contributed by atoms with E-state index in [1.54, 1.807) is 70.7 Å². The Hall–Kier alpha value is -2.89. The molecule has 2 rings (SSSR count). The van der Waals surface area contributed by atoms with E-state index in [-0.39, 0.29) is 5.91 Å². The number of nitrogens with one attached hydrogen (secondary N) is 2. The number of benzene rings is 2. The van der Waals surface area contributed by atoms with Gasteiger partial charge in [-0.05, 0) is 43.3 Å². The maximum atomic E-state index is 12.3. The maximum absolute atomic E-state index is 12.3. The van der Waals surface area contributed by atoms with Crippen molar-refractivity contribution in [1.82, 2.24) is 0 Å². The monoisotopic (exact) mass is 330 g/mol. The minimum Gasteiger partial charge on any atom is -0.497 e. The van der Waals surface area contributed by atoms with Crippen LogP contribution in [0.25, 0.3) is 0 Å². The summed E-state index contributed by atoms with van der Waals surface area (Å²) in [4.78, 5) is 12.3. The number of hydrogen-bond acceptors (Lipinski definition) is 5. The zero-order chi connectivity index (χ0) is 17.5. The Morgan fingerprint density at radius 3 is 2.12 bits per heavy atom. The number of hydrogen-bond donors (Lipinski definition) is 2. The summed E-state index contributed by atoms with van der Waals surface area (Å²) >= 11 is 0. The first-order valence-electron chi connectivity index (χ1n) is 7.51. The largest absolute Gasteiger partial charge is 0.497 e. The minimum absolute atomic E-state index is 0.162. The minimum atomic E-state index is -0.465. The smallest absolute Gasteiger partial charge is 0.246 e. The van der Waals surface area contributed by atoms with Crippen LogP contribution >= 0.6 is 0 Å². The summed E-state index contributed by atoms with van der Waals surface area (Å²) in [6.07, 6.45) is 0. The molecule has 0 saturated heterocycles. The lowest BCUT2D eigenvalue weighted by Gasteiger charge is -2.18. The van der Waals surface area contributed by atoms with Crippen LogP contribution in [0.1, 0.15) is 6.92 Å². The molecular weight excluding hydrogens is 308 g/mol. The molecule has 24 heavy (non-hydrogen) atoms. The van der Waals surface area contributed by atoms with Crippen LogP contribution in [-0.2, 0) is 4.79 Å². The second kappa shape index (κ2) is 8.10. The number of anilines is 2. The lowest BCUT2D eigenvalue weighted by atomic mass is 10.2. The summed E-state index contributed by atoms with van der Waals surface area (Å²) in [6.45, 7) is 1.78. The van der Waals surface area contributed by atoms with E-state index in [1.807, 2.05) is 0 Å². The van der Waals surface area contributed by atoms with E-state index in [9.17, 15) is 4.79 Å². The molecule has 128 valence electrons. The molecule has 0 fully saturated rings. The molecule has 0 unspecified atom stereocenters. The Morgan fingerprint density at radius 1 is 0.917 bits per heavy atom. The van der Waals surface area contributed by atoms with Gasteiger partial charge in [0.05, 0.1) is 27.0 Å². The van der Waals surface area contributed by atoms with E-state index in [4.69, 9.17) is 14.2 Å². The summed E-state index contributed by atoms with van der Waals surface area (Å²) in [6, 6.07) is 12.1. The molecule has 0 spiro atoms. The lowest BCUT2D eigenvalue weighted by Crippen LogP contribution is -2.32. The lowest BCUT2D eigenvalue weighted by molar-refractivity contribution is -0.116. The molecule has 2 N–H and O–H groups in total. The Kier molecular flexibility index (Phi) is 5.89. The topological polar surface area (TPSA) is 68.8 Å². The number of methoxy groups -OCH3 is 3. The highest BCUT2D eigenvalue weighted by Crippen LogP contribution is 2.29. The van der Waals surface area contributed by atoms with Crippen molar-refractivity contribution in [2.24, 2.45) is 0 Å². The number of rotatable bonds is 7. The molecule has 0 aliphatic heterocycles. The number of amides is 1. The van der Waals surface area contributed by atoms with Gasteiger partial charge in [-0.15, -0.1) is 0 Å². The van der Waals surface area contributed by atoms with Crippen molar-refractivity contribution in [2.75, 3.05) is 32.0 Å². The van der Waals surface area contributed by atoms with Crippen molar-refractivity contribution < 1.29 is 19.0 Å². The summed E-state index contributed by atoms with van der Waals surface area (Å²) in [5.41, 5.74) is 1.39. The molecule has 2 aromatic carbocycles. The molecule has 0 heterocycles. The van der Waals surface area contributed by atoms with Gasteiger partial charge in [-0.2, -0.15) is 0 Å². The highest BCUT2D eigenvalue weighted by atomic mass is 16.5. The number of ether oxygens (including phenoxy) is 3. The van der Waals surface area contributed by atoms with Crippen molar-refractivity contribution in [3.8, 4) is 17.2 Å². The van der Waals surface area contributed by atoms with Crippen molar-refractivity contribution in [1.29, 1.82) is 0 Å². The van der Waals surface area contributed by atoms with Crippen LogP contribution in [0.15, 0.2) is 42.5 Å². The third-order valence-corrected chi connectivity index (χ3v) is 3.53. The first-order chi connectivity index (χ1) is 11.6. The Bertz CT molecular complexity index is 686. The number of carbonyl (C=O) groups excluding carboxylic acids is 1. The molecular formula is C18H22N2O4. The summed E-state index contributed by atoms with van der Waals surface area (Å²) in [5.74, 6) is 1.89. The van der Waals surface area contributed by atoms with Gasteiger partial charge in [0.1, 0.15) is 23.3 Å². The molecule has 0 radical (unpaired) electrons. The van der Waals surface area contributed by atoms with Crippen LogP contribution in [0.4, 0.5) is 11.4 Å². The third kappa shape index (κ3) is 4.32. The highest BCUT2D eigenvalue weighted by molar-refractivity contribution is 5.96. The predicted molar refractivity (Wildman–Crippen MR) is 94.3 cm³/mol. The molecule has 6 heteroatoms. The fourth-order valence-electron chi connectivity index (χ4n) is 2.15. The molecule has 0 aliphatic carbocycles. The average Bonchev–Trinajstić information content (AvgIpc) is 2.62. The van der Waals surface area contributed by atoms with Crippen molar-refractivity contribution in [3.05, 3.63) is 42.5 Å². The van der Waals surface area contributed by atoms with E-state index in [2.05, 4.69) is 10.6 Å². The van der Waals surface area contributed by atoms with Gasteiger partial charge in [-0.1, -0.05) is 0 Å². The van der Waals surface area contributed by atoms with Crippen LogP contribution in [0.2, 0.25) is 0 Å². The predicted octanol–water partition coefficient (Wildman–Crippen LogP) is 3.15. The Morgan fingerprint density at radius 2 is 1.54 bits per heavy atom. The SMILES string of the molecule is COc1ccc(NC(=O)[C@H](C)Nc2cc(OC)ccc2OC)cc1. The molecule has 0 saturated carbocycles. The van der Waals surface area contributed by atoms with Crippen LogP contribution in [0.3, 0.4) is 0 Å². The van der Waals surface area contributed by atoms with Crippen molar-refractivity contribution in [2.45, 2.75) is 13.0 Å². The zero-order valence-electron chi connectivity index (χ0n) is 14.3. The fraction of sp³-hybridized carbons (Fsp3) is 0.278. The van der Waals surface area contributed by atoms with E-state index < -0.39 is 6.04 Å². The molecule has 0 aliphatic rings. The van der Waals surface area contributed by atoms with Crippen molar-refractivity contribution in [3.63, 3.8) is 0 Å². The number of carbonyl (C=O) groups is 1. The average molecular weight is 330 g/mol. The normalized spacial score (nSPS) is 11.3. The van der Waals surface area contributed by atoms with Crippen LogP contribution in [0.5, 0.6) is 17.2 Å². The van der Waals surface area contributed by atoms with Crippen molar-refractivity contribution >= 4 is 17.3 Å². The van der Waals surface area contributed by atoms with Crippen LogP contribution < -0.4 is 24.8 Å². The molecule has 1 amide bonds. The second-order valence-electron chi connectivity index (χ2n) is 5.15. The third-order valence-electron chi connectivity index (χ3n) is 3.53. The van der Waals surface area contributed by atoms with Gasteiger partial charge in [-0.3, -0.25) is 4.79 Å². The van der Waals surface area contributed by atoms with Gasteiger partial charge >= 0.3 is 0 Å². The standard InChI is InChI=1S/C18H22N2O4/c1-12(18(21)20-13-5-7-14(22-2)8-6-13)19-16-11-15(23-3)9-10-17(16)24-4/h5-12,19H,1-4H3,(H,20,21)/t12-/m0/s1. The molecule has 1 atom stereocenters. The van der Waals surface area contributed by atoms with Gasteiger partial charge in [0, 0.05) is 11.8 Å². The van der Waals surface area contributed by atoms with Gasteiger partial charge in [0.25, 0.3) is 0 Å². The van der Waals surface area contributed by atoms with E-state index in [0.29, 0.717) is 22.9 Å². The van der Waals surface area contributed by atoms with E-state index in [0.717, 1.165) is 5.75 Å². The fourth-order valence-corrected chi connectivity index (χ4v) is 2.15. The molecule has 2 aromatic rings.